The predicted octanol–water partition coefficient (Wildman–Crippen LogP) is 3.79. The third-order valence-corrected chi connectivity index (χ3v) is 7.51. The second-order valence-corrected chi connectivity index (χ2v) is 9.84. The molecule has 3 aromatic rings. The maximum atomic E-state index is 13.0. The van der Waals surface area contributed by atoms with Crippen molar-refractivity contribution >= 4 is 28.7 Å². The molecule has 0 spiro atoms. The highest BCUT2D eigenvalue weighted by Gasteiger charge is 2.44. The molecule has 8 heteroatoms. The van der Waals surface area contributed by atoms with E-state index in [1.165, 1.54) is 10.6 Å². The number of aromatic nitrogens is 2. The number of carbonyl (C=O) groups excluding carboxylic acids is 1. The standard InChI is InChI=1S/C25H26N4O3S/c1-3-12-33-25(9-10-25)16-32-21-8-11-27-20-13-19(24(31)29(2)22(20)21)23(30)28-15-18-6-4-17(14-26)5-7-18/h4-8,11,13H,3,9-10,12,15-16H2,1-2H3,(H,28,30). The number of carbonyl (C=O) groups is 1. The zero-order valence-corrected chi connectivity index (χ0v) is 19.6. The molecule has 1 aliphatic carbocycles. The number of ether oxygens (including phenoxy) is 1. The van der Waals surface area contributed by atoms with E-state index in [1.807, 2.05) is 11.8 Å². The zero-order valence-electron chi connectivity index (χ0n) is 18.8. The number of hydrogen-bond donors (Lipinski definition) is 1. The lowest BCUT2D eigenvalue weighted by atomic mass is 10.1. The van der Waals surface area contributed by atoms with E-state index < -0.39 is 11.5 Å². The summed E-state index contributed by atoms with van der Waals surface area (Å²) in [5.74, 6) is 1.25. The molecular weight excluding hydrogens is 436 g/mol. The maximum Gasteiger partial charge on any atom is 0.263 e. The Balaban J connectivity index is 1.53. The molecule has 1 aliphatic rings. The molecule has 2 aromatic heterocycles. The number of rotatable bonds is 9. The van der Waals surface area contributed by atoms with Gasteiger partial charge in [0, 0.05) is 25.9 Å². The Hall–Kier alpha value is -3.31. The minimum atomic E-state index is -0.470. The third-order valence-electron chi connectivity index (χ3n) is 5.76. The van der Waals surface area contributed by atoms with Gasteiger partial charge in [0.05, 0.1) is 21.9 Å². The summed E-state index contributed by atoms with van der Waals surface area (Å²) in [5.41, 5.74) is 2.13. The molecule has 0 bridgehead atoms. The number of nitrogens with zero attached hydrogens (tertiary/aromatic N) is 3. The Labute approximate surface area is 196 Å². The topological polar surface area (TPSA) is 97.0 Å². The molecule has 4 rings (SSSR count). The van der Waals surface area contributed by atoms with Crippen LogP contribution in [0.3, 0.4) is 0 Å². The second-order valence-electron chi connectivity index (χ2n) is 8.28. The van der Waals surface area contributed by atoms with Crippen molar-refractivity contribution in [3.05, 3.63) is 69.6 Å². The minimum absolute atomic E-state index is 0.0282. The Bertz CT molecular complexity index is 1270. The molecule has 1 amide bonds. The molecular formula is C25H26N4O3S. The highest BCUT2D eigenvalue weighted by molar-refractivity contribution is 8.00. The highest BCUT2D eigenvalue weighted by atomic mass is 32.2. The van der Waals surface area contributed by atoms with Gasteiger partial charge in [-0.2, -0.15) is 17.0 Å². The minimum Gasteiger partial charge on any atom is -0.490 e. The molecule has 1 aromatic carbocycles. The van der Waals surface area contributed by atoms with Gasteiger partial charge in [-0.25, -0.2) is 0 Å². The van der Waals surface area contributed by atoms with E-state index in [-0.39, 0.29) is 16.9 Å². The number of pyridine rings is 2. The lowest BCUT2D eigenvalue weighted by molar-refractivity contribution is 0.0949. The van der Waals surface area contributed by atoms with Gasteiger partial charge in [-0.3, -0.25) is 14.6 Å². The van der Waals surface area contributed by atoms with Crippen molar-refractivity contribution in [3.63, 3.8) is 0 Å². The van der Waals surface area contributed by atoms with E-state index in [0.29, 0.717) is 29.0 Å². The van der Waals surface area contributed by atoms with Crippen molar-refractivity contribution in [1.82, 2.24) is 14.9 Å². The van der Waals surface area contributed by atoms with E-state index >= 15 is 0 Å². The van der Waals surface area contributed by atoms with Crippen molar-refractivity contribution in [2.75, 3.05) is 12.4 Å². The quantitative estimate of drug-likeness (QED) is 0.520. The summed E-state index contributed by atoms with van der Waals surface area (Å²) >= 11 is 1.96. The molecule has 1 saturated carbocycles. The van der Waals surface area contributed by atoms with Crippen LogP contribution in [0.15, 0.2) is 47.4 Å². The van der Waals surface area contributed by atoms with Crippen molar-refractivity contribution in [1.29, 1.82) is 5.26 Å². The summed E-state index contributed by atoms with van der Waals surface area (Å²) in [6.07, 6.45) is 5.06. The second kappa shape index (κ2) is 9.67. The Morgan fingerprint density at radius 2 is 2.06 bits per heavy atom. The predicted molar refractivity (Wildman–Crippen MR) is 130 cm³/mol. The first kappa shape index (κ1) is 22.9. The first-order valence-electron chi connectivity index (χ1n) is 11.0. The SMILES string of the molecule is CCCSC1(COc2ccnc3cc(C(=O)NCc4ccc(C#N)cc4)c(=O)n(C)c23)CC1. The van der Waals surface area contributed by atoms with E-state index in [9.17, 15) is 9.59 Å². The largest absolute Gasteiger partial charge is 0.490 e. The molecule has 0 radical (unpaired) electrons. The normalized spacial score (nSPS) is 14.0. The van der Waals surface area contributed by atoms with Crippen LogP contribution in [0.4, 0.5) is 0 Å². The fourth-order valence-electron chi connectivity index (χ4n) is 3.63. The van der Waals surface area contributed by atoms with Crippen molar-refractivity contribution in [2.24, 2.45) is 7.05 Å². The van der Waals surface area contributed by atoms with Gasteiger partial charge in [0.25, 0.3) is 11.5 Å². The smallest absolute Gasteiger partial charge is 0.263 e. The number of fused-ring (bicyclic) bond motifs is 1. The van der Waals surface area contributed by atoms with Gasteiger partial charge in [-0.05, 0) is 48.8 Å². The number of nitriles is 1. The van der Waals surface area contributed by atoms with Gasteiger partial charge in [0.15, 0.2) is 0 Å². The summed E-state index contributed by atoms with van der Waals surface area (Å²) in [6, 6.07) is 12.3. The van der Waals surface area contributed by atoms with Gasteiger partial charge >= 0.3 is 0 Å². The molecule has 0 atom stereocenters. The molecule has 170 valence electrons. The summed E-state index contributed by atoms with van der Waals surface area (Å²) in [7, 11) is 1.63. The van der Waals surface area contributed by atoms with Crippen molar-refractivity contribution < 1.29 is 9.53 Å². The summed E-state index contributed by atoms with van der Waals surface area (Å²) < 4.78 is 7.77. The average Bonchev–Trinajstić information content (AvgIpc) is 3.62. The number of amides is 1. The van der Waals surface area contributed by atoms with Crippen molar-refractivity contribution in [2.45, 2.75) is 37.5 Å². The number of nitrogens with one attached hydrogen (secondary N) is 1. The molecule has 7 nitrogen and oxygen atoms in total. The first-order chi connectivity index (χ1) is 16.0. The van der Waals surface area contributed by atoms with E-state index in [1.54, 1.807) is 43.6 Å². The average molecular weight is 463 g/mol. The molecule has 0 unspecified atom stereocenters. The number of hydrogen-bond acceptors (Lipinski definition) is 6. The Kier molecular flexibility index (Phi) is 6.70. The van der Waals surface area contributed by atoms with Crippen LogP contribution in [0.1, 0.15) is 47.7 Å². The zero-order chi connectivity index (χ0) is 23.4. The molecule has 0 aliphatic heterocycles. The van der Waals surface area contributed by atoms with Gasteiger partial charge in [0.1, 0.15) is 23.4 Å². The van der Waals surface area contributed by atoms with Crippen LogP contribution in [0, 0.1) is 11.3 Å². The molecule has 1 N–H and O–H groups in total. The van der Waals surface area contributed by atoms with E-state index in [0.717, 1.165) is 30.6 Å². The maximum absolute atomic E-state index is 13.0. The van der Waals surface area contributed by atoms with Crippen LogP contribution in [-0.4, -0.2) is 32.6 Å². The lowest BCUT2D eigenvalue weighted by Crippen LogP contribution is -2.32. The fourth-order valence-corrected chi connectivity index (χ4v) is 4.80. The first-order valence-corrected chi connectivity index (χ1v) is 12.0. The van der Waals surface area contributed by atoms with Crippen LogP contribution in [0.5, 0.6) is 5.75 Å². The summed E-state index contributed by atoms with van der Waals surface area (Å²) in [4.78, 5) is 30.2. The molecule has 1 fully saturated rings. The van der Waals surface area contributed by atoms with Crippen molar-refractivity contribution in [3.8, 4) is 11.8 Å². The van der Waals surface area contributed by atoms with Crippen LogP contribution >= 0.6 is 11.8 Å². The van der Waals surface area contributed by atoms with Gasteiger partial charge in [-0.15, -0.1) is 0 Å². The third kappa shape index (κ3) is 5.04. The summed E-state index contributed by atoms with van der Waals surface area (Å²) in [5, 5.41) is 11.7. The molecule has 0 saturated heterocycles. The van der Waals surface area contributed by atoms with Gasteiger partial charge in [-0.1, -0.05) is 19.1 Å². The summed E-state index contributed by atoms with van der Waals surface area (Å²) in [6.45, 7) is 3.02. The molecule has 2 heterocycles. The number of benzene rings is 1. The van der Waals surface area contributed by atoms with E-state index in [4.69, 9.17) is 10.00 Å². The lowest BCUT2D eigenvalue weighted by Gasteiger charge is -2.18. The highest BCUT2D eigenvalue weighted by Crippen LogP contribution is 2.49. The van der Waals surface area contributed by atoms with Crippen LogP contribution in [0.2, 0.25) is 0 Å². The van der Waals surface area contributed by atoms with Gasteiger partial charge in [0.2, 0.25) is 0 Å². The Morgan fingerprint density at radius 1 is 1.30 bits per heavy atom. The van der Waals surface area contributed by atoms with Gasteiger partial charge < -0.3 is 14.6 Å². The Morgan fingerprint density at radius 3 is 2.73 bits per heavy atom. The number of thioether (sulfide) groups is 1. The van der Waals surface area contributed by atoms with Crippen LogP contribution in [0.25, 0.3) is 11.0 Å². The number of aryl methyl sites for hydroxylation is 1. The molecule has 33 heavy (non-hydrogen) atoms. The fraction of sp³-hybridized carbons (Fsp3) is 0.360. The van der Waals surface area contributed by atoms with Crippen LogP contribution < -0.4 is 15.6 Å². The van der Waals surface area contributed by atoms with Crippen LogP contribution in [-0.2, 0) is 13.6 Å². The van der Waals surface area contributed by atoms with E-state index in [2.05, 4.69) is 23.3 Å². The monoisotopic (exact) mass is 462 g/mol.